The molecule has 30 heavy (non-hydrogen) atoms. The molecule has 156 valence electrons. The molecule has 0 aliphatic carbocycles. The van der Waals surface area contributed by atoms with E-state index in [0.717, 1.165) is 22.8 Å². The zero-order valence-electron chi connectivity index (χ0n) is 17.4. The van der Waals surface area contributed by atoms with Crippen molar-refractivity contribution < 1.29 is 14.3 Å². The lowest BCUT2D eigenvalue weighted by Crippen LogP contribution is -2.19. The molecule has 0 fully saturated rings. The molecule has 0 bridgehead atoms. The number of halogens is 1. The highest BCUT2D eigenvalue weighted by Crippen LogP contribution is 2.36. The number of amides is 1. The number of nitrogens with zero attached hydrogens (tertiary/aromatic N) is 1. The average Bonchev–Trinajstić information content (AvgIpc) is 2.73. The van der Waals surface area contributed by atoms with Crippen LogP contribution in [0.2, 0.25) is 5.02 Å². The predicted molar refractivity (Wildman–Crippen MR) is 122 cm³/mol. The summed E-state index contributed by atoms with van der Waals surface area (Å²) in [6.45, 7) is 6.86. The van der Waals surface area contributed by atoms with Crippen molar-refractivity contribution in [2.75, 3.05) is 13.2 Å². The van der Waals surface area contributed by atoms with Gasteiger partial charge in [0.2, 0.25) is 0 Å². The molecule has 0 radical (unpaired) electrons. The van der Waals surface area contributed by atoms with E-state index < -0.39 is 0 Å². The molecular weight excluding hydrogens is 400 g/mol. The molecule has 0 aromatic heterocycles. The van der Waals surface area contributed by atoms with Crippen LogP contribution in [0.5, 0.6) is 11.5 Å². The van der Waals surface area contributed by atoms with Crippen molar-refractivity contribution in [3.63, 3.8) is 0 Å². The molecule has 6 heteroatoms. The maximum absolute atomic E-state index is 12.8. The Hall–Kier alpha value is -3.05. The fourth-order valence-electron chi connectivity index (χ4n) is 3.17. The minimum Gasteiger partial charge on any atom is -0.490 e. The maximum Gasteiger partial charge on any atom is 0.272 e. The van der Waals surface area contributed by atoms with E-state index in [1.807, 2.05) is 57.2 Å². The van der Waals surface area contributed by atoms with E-state index in [4.69, 9.17) is 21.1 Å². The summed E-state index contributed by atoms with van der Waals surface area (Å²) < 4.78 is 11.4. The fraction of sp³-hybridized carbons (Fsp3) is 0.250. The maximum atomic E-state index is 12.8. The van der Waals surface area contributed by atoms with Crippen LogP contribution in [0.1, 0.15) is 41.8 Å². The van der Waals surface area contributed by atoms with Gasteiger partial charge in [0.15, 0.2) is 11.5 Å². The summed E-state index contributed by atoms with van der Waals surface area (Å²) in [5.74, 6) is 0.809. The molecular formula is C24H25ClN2O3. The van der Waals surface area contributed by atoms with Gasteiger partial charge in [-0.05, 0) is 54.3 Å². The van der Waals surface area contributed by atoms with Crippen molar-refractivity contribution in [1.29, 1.82) is 0 Å². The third-order valence-corrected chi connectivity index (χ3v) is 4.81. The number of carbonyl (C=O) groups is 1. The molecule has 0 unspecified atom stereocenters. The number of rotatable bonds is 8. The lowest BCUT2D eigenvalue weighted by atomic mass is 9.99. The first-order chi connectivity index (χ1) is 14.5. The van der Waals surface area contributed by atoms with Crippen LogP contribution in [0.3, 0.4) is 0 Å². The topological polar surface area (TPSA) is 59.9 Å². The fourth-order valence-corrected chi connectivity index (χ4v) is 3.45. The Kier molecular flexibility index (Phi) is 7.31. The van der Waals surface area contributed by atoms with Crippen LogP contribution in [0.15, 0.2) is 53.6 Å². The van der Waals surface area contributed by atoms with Gasteiger partial charge in [0, 0.05) is 0 Å². The summed E-state index contributed by atoms with van der Waals surface area (Å²) >= 11 is 6.38. The Bertz CT molecular complexity index is 1080. The van der Waals surface area contributed by atoms with Crippen molar-refractivity contribution in [2.24, 2.45) is 5.10 Å². The van der Waals surface area contributed by atoms with Crippen LogP contribution in [-0.2, 0) is 0 Å². The number of hydrogen-bond donors (Lipinski definition) is 1. The number of carbonyl (C=O) groups excluding carboxylic acids is 1. The number of benzene rings is 3. The molecule has 3 aromatic rings. The molecule has 3 aromatic carbocycles. The Morgan fingerprint density at radius 1 is 1.13 bits per heavy atom. The normalized spacial score (nSPS) is 11.1. The predicted octanol–water partition coefficient (Wildman–Crippen LogP) is 5.75. The molecule has 1 amide bonds. The van der Waals surface area contributed by atoms with Gasteiger partial charge >= 0.3 is 0 Å². The smallest absolute Gasteiger partial charge is 0.272 e. The highest BCUT2D eigenvalue weighted by atomic mass is 35.5. The van der Waals surface area contributed by atoms with E-state index in [-0.39, 0.29) is 5.91 Å². The SMILES string of the molecule is CCCOc1c(Cl)cc(/C=N\NC(=O)c2c(C)ccc3ccccc23)cc1OCC. The first-order valence-electron chi connectivity index (χ1n) is 9.96. The van der Waals surface area contributed by atoms with E-state index in [1.54, 1.807) is 12.1 Å². The van der Waals surface area contributed by atoms with Crippen molar-refractivity contribution in [3.05, 3.63) is 70.2 Å². The third kappa shape index (κ3) is 4.92. The van der Waals surface area contributed by atoms with Gasteiger partial charge < -0.3 is 9.47 Å². The van der Waals surface area contributed by atoms with Crippen molar-refractivity contribution in [2.45, 2.75) is 27.2 Å². The summed E-state index contributed by atoms with van der Waals surface area (Å²) in [7, 11) is 0. The summed E-state index contributed by atoms with van der Waals surface area (Å²) in [5, 5.41) is 6.46. The second kappa shape index (κ2) is 10.1. The van der Waals surface area contributed by atoms with Gasteiger partial charge in [-0.25, -0.2) is 5.43 Å². The molecule has 3 rings (SSSR count). The van der Waals surface area contributed by atoms with Gasteiger partial charge in [0.1, 0.15) is 0 Å². The zero-order chi connectivity index (χ0) is 21.5. The van der Waals surface area contributed by atoms with E-state index in [9.17, 15) is 4.79 Å². The van der Waals surface area contributed by atoms with Crippen LogP contribution < -0.4 is 14.9 Å². The van der Waals surface area contributed by atoms with Crippen molar-refractivity contribution >= 4 is 34.5 Å². The number of hydrazone groups is 1. The zero-order valence-corrected chi connectivity index (χ0v) is 18.1. The third-order valence-electron chi connectivity index (χ3n) is 4.53. The number of aryl methyl sites for hydroxylation is 1. The molecule has 0 heterocycles. The average molecular weight is 425 g/mol. The summed E-state index contributed by atoms with van der Waals surface area (Å²) in [6, 6.07) is 15.2. The van der Waals surface area contributed by atoms with Crippen molar-refractivity contribution in [1.82, 2.24) is 5.43 Å². The largest absolute Gasteiger partial charge is 0.490 e. The quantitative estimate of drug-likeness (QED) is 0.369. The highest BCUT2D eigenvalue weighted by Gasteiger charge is 2.14. The number of ether oxygens (including phenoxy) is 2. The summed E-state index contributed by atoms with van der Waals surface area (Å²) in [5.41, 5.74) is 4.81. The molecule has 0 aliphatic heterocycles. The first kappa shape index (κ1) is 21.7. The van der Waals surface area contributed by atoms with Gasteiger partial charge in [-0.2, -0.15) is 5.10 Å². The van der Waals surface area contributed by atoms with Crippen LogP contribution in [0, 0.1) is 6.92 Å². The van der Waals surface area contributed by atoms with E-state index in [2.05, 4.69) is 10.5 Å². The number of hydrogen-bond acceptors (Lipinski definition) is 4. The van der Waals surface area contributed by atoms with Gasteiger partial charge in [0.25, 0.3) is 5.91 Å². The van der Waals surface area contributed by atoms with Gasteiger partial charge in [-0.15, -0.1) is 0 Å². The Morgan fingerprint density at radius 2 is 1.93 bits per heavy atom. The lowest BCUT2D eigenvalue weighted by Gasteiger charge is -2.13. The molecule has 5 nitrogen and oxygen atoms in total. The monoisotopic (exact) mass is 424 g/mol. The van der Waals surface area contributed by atoms with Gasteiger partial charge in [0.05, 0.1) is 30.0 Å². The van der Waals surface area contributed by atoms with E-state index in [0.29, 0.717) is 40.9 Å². The molecule has 0 spiro atoms. The second-order valence-corrected chi connectivity index (χ2v) is 7.20. The molecule has 1 N–H and O–H groups in total. The number of fused-ring (bicyclic) bond motifs is 1. The van der Waals surface area contributed by atoms with Crippen LogP contribution in [-0.4, -0.2) is 25.3 Å². The number of nitrogens with one attached hydrogen (secondary N) is 1. The molecule has 0 saturated carbocycles. The summed E-state index contributed by atoms with van der Waals surface area (Å²) in [4.78, 5) is 12.8. The minimum absolute atomic E-state index is 0.264. The molecule has 0 saturated heterocycles. The highest BCUT2D eigenvalue weighted by molar-refractivity contribution is 6.32. The van der Waals surface area contributed by atoms with Gasteiger partial charge in [-0.1, -0.05) is 54.9 Å². The first-order valence-corrected chi connectivity index (χ1v) is 10.3. The Morgan fingerprint density at radius 3 is 2.70 bits per heavy atom. The van der Waals surface area contributed by atoms with Gasteiger partial charge in [-0.3, -0.25) is 4.79 Å². The Balaban J connectivity index is 1.82. The van der Waals surface area contributed by atoms with Crippen LogP contribution >= 0.6 is 11.6 Å². The minimum atomic E-state index is -0.264. The lowest BCUT2D eigenvalue weighted by molar-refractivity contribution is 0.0956. The summed E-state index contributed by atoms with van der Waals surface area (Å²) in [6.07, 6.45) is 2.40. The van der Waals surface area contributed by atoms with E-state index in [1.165, 1.54) is 6.21 Å². The van der Waals surface area contributed by atoms with Crippen molar-refractivity contribution in [3.8, 4) is 11.5 Å². The van der Waals surface area contributed by atoms with E-state index >= 15 is 0 Å². The Labute approximate surface area is 181 Å². The molecule has 0 atom stereocenters. The van der Waals surface area contributed by atoms with Crippen LogP contribution in [0.25, 0.3) is 10.8 Å². The standard InChI is InChI=1S/C24H25ClN2O3/c1-4-12-30-23-20(25)13-17(14-21(23)29-5-2)15-26-27-24(28)22-16(3)10-11-18-8-6-7-9-19(18)22/h6-11,13-15H,4-5,12H2,1-3H3,(H,27,28)/b26-15-. The second-order valence-electron chi connectivity index (χ2n) is 6.79. The molecule has 0 aliphatic rings. The van der Waals surface area contributed by atoms with Crippen LogP contribution in [0.4, 0.5) is 0 Å².